The van der Waals surface area contributed by atoms with Crippen molar-refractivity contribution in [3.05, 3.63) is 27.7 Å². The Kier molecular flexibility index (Phi) is 4.09. The number of rotatable bonds is 0. The Labute approximate surface area is 79.1 Å². The normalized spacial score (nSPS) is 8.60. The number of nitrogen functional groups attached to an aromatic ring is 1. The lowest BCUT2D eigenvalue weighted by atomic mass is 10.3. The first-order valence-corrected chi connectivity index (χ1v) is 3.58. The zero-order chi connectivity index (χ0) is 6.85. The van der Waals surface area contributed by atoms with Crippen LogP contribution in [0.15, 0.2) is 22.7 Å². The van der Waals surface area contributed by atoms with Gasteiger partial charge in [0.1, 0.15) is 0 Å². The Morgan fingerprint density at radius 1 is 1.40 bits per heavy atom. The van der Waals surface area contributed by atoms with Crippen molar-refractivity contribution in [2.24, 2.45) is 0 Å². The van der Waals surface area contributed by atoms with Gasteiger partial charge in [0.2, 0.25) is 0 Å². The van der Waals surface area contributed by atoms with Gasteiger partial charge in [-0.3, -0.25) is 0 Å². The fourth-order valence-electron chi connectivity index (χ4n) is 0.512. The molecule has 0 saturated heterocycles. The molecule has 1 aromatic rings. The van der Waals surface area contributed by atoms with Crippen LogP contribution in [0.3, 0.4) is 0 Å². The van der Waals surface area contributed by atoms with Gasteiger partial charge >= 0.3 is 0 Å². The largest absolute Gasteiger partial charge is 0.399 e. The highest BCUT2D eigenvalue weighted by Crippen LogP contribution is 2.23. The summed E-state index contributed by atoms with van der Waals surface area (Å²) in [5, 5.41) is 0.684. The van der Waals surface area contributed by atoms with Gasteiger partial charge < -0.3 is 5.73 Å². The highest BCUT2D eigenvalue weighted by atomic mass is 79.9. The zero-order valence-corrected chi connectivity index (χ0v) is 8.13. The molecule has 0 amide bonds. The van der Waals surface area contributed by atoms with Crippen LogP contribution in [0.4, 0.5) is 5.69 Å². The average molecular weight is 243 g/mol. The van der Waals surface area contributed by atoms with Gasteiger partial charge in [0, 0.05) is 10.2 Å². The molecule has 2 N–H and O–H groups in total. The average Bonchev–Trinajstić information content (AvgIpc) is 1.80. The number of hydrogen-bond acceptors (Lipinski definition) is 1. The van der Waals surface area contributed by atoms with E-state index in [1.807, 2.05) is 0 Å². The highest BCUT2D eigenvalue weighted by Gasteiger charge is 1.93. The second kappa shape index (κ2) is 4.06. The second-order valence-corrected chi connectivity index (χ2v) is 2.94. The van der Waals surface area contributed by atoms with Gasteiger partial charge in [-0.1, -0.05) is 11.6 Å². The van der Waals surface area contributed by atoms with Crippen molar-refractivity contribution < 1.29 is 0 Å². The van der Waals surface area contributed by atoms with Crippen LogP contribution in [-0.4, -0.2) is 0 Å². The van der Waals surface area contributed by atoms with E-state index in [1.54, 1.807) is 18.2 Å². The molecular formula is C6H6BrCl2N. The number of halogens is 3. The molecule has 0 heterocycles. The first-order valence-electron chi connectivity index (χ1n) is 2.40. The molecule has 0 aliphatic rings. The molecule has 1 nitrogen and oxygen atoms in total. The van der Waals surface area contributed by atoms with E-state index in [9.17, 15) is 0 Å². The van der Waals surface area contributed by atoms with Crippen molar-refractivity contribution >= 4 is 45.6 Å². The van der Waals surface area contributed by atoms with E-state index in [0.29, 0.717) is 10.7 Å². The molecule has 0 unspecified atom stereocenters. The van der Waals surface area contributed by atoms with Gasteiger partial charge in [0.05, 0.1) is 5.02 Å². The quantitative estimate of drug-likeness (QED) is 0.696. The van der Waals surface area contributed by atoms with Gasteiger partial charge in [-0.25, -0.2) is 0 Å². The Hall–Kier alpha value is 0.0800. The van der Waals surface area contributed by atoms with Crippen LogP contribution < -0.4 is 5.73 Å². The lowest BCUT2D eigenvalue weighted by Gasteiger charge is -1.94. The Morgan fingerprint density at radius 3 is 2.40 bits per heavy atom. The molecule has 4 heteroatoms. The summed E-state index contributed by atoms with van der Waals surface area (Å²) < 4.78 is 0.837. The third kappa shape index (κ3) is 2.37. The monoisotopic (exact) mass is 241 g/mol. The minimum atomic E-state index is 0. The van der Waals surface area contributed by atoms with Crippen molar-refractivity contribution in [2.75, 3.05) is 5.73 Å². The molecule has 0 atom stereocenters. The van der Waals surface area contributed by atoms with Crippen LogP contribution in [0, 0.1) is 0 Å². The van der Waals surface area contributed by atoms with Gasteiger partial charge in [-0.2, -0.15) is 0 Å². The van der Waals surface area contributed by atoms with Crippen LogP contribution in [0.5, 0.6) is 0 Å². The zero-order valence-electron chi connectivity index (χ0n) is 4.97. The molecule has 0 aliphatic carbocycles. The maximum Gasteiger partial charge on any atom is 0.0549 e. The summed E-state index contributed by atoms with van der Waals surface area (Å²) in [6.45, 7) is 0. The molecule has 1 rings (SSSR count). The van der Waals surface area contributed by atoms with Gasteiger partial charge in [0.25, 0.3) is 0 Å². The molecule has 0 aliphatic heterocycles. The summed E-state index contributed by atoms with van der Waals surface area (Å²) >= 11 is 8.91. The van der Waals surface area contributed by atoms with E-state index < -0.39 is 0 Å². The van der Waals surface area contributed by atoms with Gasteiger partial charge in [-0.15, -0.1) is 12.4 Å². The summed E-state index contributed by atoms with van der Waals surface area (Å²) in [5.74, 6) is 0. The van der Waals surface area contributed by atoms with Gasteiger partial charge in [0.15, 0.2) is 0 Å². The molecule has 0 aromatic heterocycles. The number of anilines is 1. The molecule has 0 saturated carbocycles. The summed E-state index contributed by atoms with van der Waals surface area (Å²) in [7, 11) is 0. The maximum absolute atomic E-state index is 5.68. The molecule has 0 fully saturated rings. The smallest absolute Gasteiger partial charge is 0.0549 e. The van der Waals surface area contributed by atoms with Crippen molar-refractivity contribution in [2.45, 2.75) is 0 Å². The van der Waals surface area contributed by atoms with E-state index in [2.05, 4.69) is 15.9 Å². The molecule has 56 valence electrons. The van der Waals surface area contributed by atoms with E-state index in [4.69, 9.17) is 17.3 Å². The van der Waals surface area contributed by atoms with Crippen LogP contribution in [-0.2, 0) is 0 Å². The van der Waals surface area contributed by atoms with E-state index >= 15 is 0 Å². The fraction of sp³-hybridized carbons (Fsp3) is 0. The molecular weight excluding hydrogens is 237 g/mol. The first kappa shape index (κ1) is 10.1. The molecule has 0 bridgehead atoms. The fourth-order valence-corrected chi connectivity index (χ4v) is 1.03. The topological polar surface area (TPSA) is 26.0 Å². The van der Waals surface area contributed by atoms with Crippen LogP contribution in [0.1, 0.15) is 0 Å². The standard InChI is InChI=1S/C6H5BrClN.ClH/c7-5-3-4(9)1-2-6(5)8;/h1-3H,9H2;1H. The third-order valence-electron chi connectivity index (χ3n) is 0.944. The Morgan fingerprint density at radius 2 is 2.00 bits per heavy atom. The Bertz CT molecular complexity index is 227. The number of benzene rings is 1. The van der Waals surface area contributed by atoms with Crippen molar-refractivity contribution in [1.29, 1.82) is 0 Å². The summed E-state index contributed by atoms with van der Waals surface area (Å²) in [6, 6.07) is 5.27. The maximum atomic E-state index is 5.68. The summed E-state index contributed by atoms with van der Waals surface area (Å²) in [5.41, 5.74) is 6.15. The van der Waals surface area contributed by atoms with E-state index in [0.717, 1.165) is 4.47 Å². The minimum absolute atomic E-state index is 0. The van der Waals surface area contributed by atoms with Crippen molar-refractivity contribution in [3.8, 4) is 0 Å². The van der Waals surface area contributed by atoms with Crippen LogP contribution >= 0.6 is 39.9 Å². The van der Waals surface area contributed by atoms with Crippen LogP contribution in [0.2, 0.25) is 5.02 Å². The molecule has 0 radical (unpaired) electrons. The van der Waals surface area contributed by atoms with Crippen LogP contribution in [0.25, 0.3) is 0 Å². The lowest BCUT2D eigenvalue weighted by molar-refractivity contribution is 1.63. The highest BCUT2D eigenvalue weighted by molar-refractivity contribution is 9.10. The predicted molar refractivity (Wildman–Crippen MR) is 50.8 cm³/mol. The van der Waals surface area contributed by atoms with Crippen molar-refractivity contribution in [3.63, 3.8) is 0 Å². The third-order valence-corrected chi connectivity index (χ3v) is 2.16. The van der Waals surface area contributed by atoms with Gasteiger partial charge in [-0.05, 0) is 34.1 Å². The van der Waals surface area contributed by atoms with E-state index in [1.165, 1.54) is 0 Å². The number of nitrogens with two attached hydrogens (primary N) is 1. The van der Waals surface area contributed by atoms with E-state index in [-0.39, 0.29) is 12.4 Å². The molecule has 0 spiro atoms. The number of hydrogen-bond donors (Lipinski definition) is 1. The summed E-state index contributed by atoms with van der Waals surface area (Å²) in [4.78, 5) is 0. The summed E-state index contributed by atoms with van der Waals surface area (Å²) in [6.07, 6.45) is 0. The Balaban J connectivity index is 0.000000810. The second-order valence-electron chi connectivity index (χ2n) is 1.67. The SMILES string of the molecule is Cl.Nc1ccc(Cl)c(Br)c1. The minimum Gasteiger partial charge on any atom is -0.399 e. The molecule has 1 aromatic carbocycles. The lowest BCUT2D eigenvalue weighted by Crippen LogP contribution is -1.82. The predicted octanol–water partition coefficient (Wildman–Crippen LogP) is 3.11. The van der Waals surface area contributed by atoms with Crippen molar-refractivity contribution in [1.82, 2.24) is 0 Å². The first-order chi connectivity index (χ1) is 4.20. The molecule has 10 heavy (non-hydrogen) atoms.